The molecule has 7 rings (SSSR count). The Labute approximate surface area is 218 Å². The van der Waals surface area contributed by atoms with Gasteiger partial charge < -0.3 is 4.40 Å². The van der Waals surface area contributed by atoms with Crippen LogP contribution in [0.5, 0.6) is 0 Å². The highest BCUT2D eigenvalue weighted by Gasteiger charge is 2.50. The molecule has 5 heteroatoms. The van der Waals surface area contributed by atoms with Crippen LogP contribution in [0, 0.1) is 20.8 Å². The maximum Gasteiger partial charge on any atom is 0.397 e. The van der Waals surface area contributed by atoms with Crippen LogP contribution >= 0.6 is 0 Å². The van der Waals surface area contributed by atoms with E-state index in [0.717, 1.165) is 49.2 Å². The first-order valence-electron chi connectivity index (χ1n) is 12.9. The van der Waals surface area contributed by atoms with Gasteiger partial charge in [-0.3, -0.25) is 0 Å². The van der Waals surface area contributed by atoms with Crippen LogP contribution in [-0.2, 0) is 12.5 Å². The maximum absolute atomic E-state index is 14.6. The van der Waals surface area contributed by atoms with Gasteiger partial charge in [-0.05, 0) is 85.2 Å². The summed E-state index contributed by atoms with van der Waals surface area (Å²) in [5.41, 5.74) is 5.73. The van der Waals surface area contributed by atoms with Gasteiger partial charge in [0.1, 0.15) is 7.05 Å². The van der Waals surface area contributed by atoms with E-state index >= 15 is 0 Å². The molecule has 0 saturated carbocycles. The minimum atomic E-state index is -4.40. The number of benzene rings is 4. The van der Waals surface area contributed by atoms with Crippen LogP contribution in [0.2, 0.25) is 0 Å². The smallest absolute Gasteiger partial charge is 0.307 e. The summed E-state index contributed by atoms with van der Waals surface area (Å²) in [7, 11) is 2.03. The zero-order valence-electron chi connectivity index (χ0n) is 22.3. The fourth-order valence-electron chi connectivity index (χ4n) is 6.85. The van der Waals surface area contributed by atoms with Gasteiger partial charge in [0.15, 0.2) is 6.20 Å². The van der Waals surface area contributed by atoms with Gasteiger partial charge in [0.25, 0.3) is 0 Å². The molecular weight excluding hydrogens is 481 g/mol. The van der Waals surface area contributed by atoms with E-state index in [-0.39, 0.29) is 0 Å². The van der Waals surface area contributed by atoms with Crippen molar-refractivity contribution in [2.24, 2.45) is 7.05 Å². The minimum Gasteiger partial charge on any atom is -0.307 e. The quantitative estimate of drug-likeness (QED) is 0.119. The maximum atomic E-state index is 14.6. The van der Waals surface area contributed by atoms with E-state index in [1.165, 1.54) is 35.7 Å². The number of halogens is 3. The summed E-state index contributed by atoms with van der Waals surface area (Å²) in [6.45, 7) is 9.06. The number of fused-ring (bicyclic) bond motifs is 7. The number of rotatable bonds is 1. The van der Waals surface area contributed by atoms with Crippen molar-refractivity contribution < 1.29 is 17.7 Å². The highest BCUT2D eigenvalue weighted by molar-refractivity contribution is 6.29. The first kappa shape index (κ1) is 23.3. The molecule has 190 valence electrons. The lowest BCUT2D eigenvalue weighted by Crippen LogP contribution is -2.36. The first-order valence-corrected chi connectivity index (χ1v) is 12.9. The van der Waals surface area contributed by atoms with E-state index in [2.05, 4.69) is 47.9 Å². The largest absolute Gasteiger partial charge is 0.397 e. The number of hydrogen-bond donors (Lipinski definition) is 0. The third-order valence-electron chi connectivity index (χ3n) is 8.90. The highest BCUT2D eigenvalue weighted by Crippen LogP contribution is 2.50. The summed E-state index contributed by atoms with van der Waals surface area (Å²) in [6.07, 6.45) is -2.42. The number of para-hydroxylation sites is 1. The minimum absolute atomic E-state index is 0.317. The van der Waals surface area contributed by atoms with Crippen molar-refractivity contribution in [2.45, 2.75) is 46.2 Å². The van der Waals surface area contributed by atoms with Gasteiger partial charge in [-0.15, -0.1) is 0 Å². The van der Waals surface area contributed by atoms with Crippen molar-refractivity contribution in [1.82, 2.24) is 4.40 Å². The van der Waals surface area contributed by atoms with Crippen molar-refractivity contribution in [3.63, 3.8) is 0 Å². The molecule has 0 aliphatic carbocycles. The van der Waals surface area contributed by atoms with Crippen LogP contribution in [0.25, 0.3) is 59.8 Å². The average Bonchev–Trinajstić information content (AvgIpc) is 3.21. The lowest BCUT2D eigenvalue weighted by molar-refractivity contribution is -0.643. The first-order chi connectivity index (χ1) is 17.9. The van der Waals surface area contributed by atoms with Gasteiger partial charge in [-0.1, -0.05) is 36.4 Å². The Hall–Kier alpha value is -3.86. The molecule has 0 spiro atoms. The molecule has 0 radical (unpaired) electrons. The molecule has 0 fully saturated rings. The van der Waals surface area contributed by atoms with E-state index in [9.17, 15) is 13.2 Å². The number of alkyl halides is 3. The molecule has 0 aliphatic heterocycles. The van der Waals surface area contributed by atoms with Crippen LogP contribution in [0.15, 0.2) is 60.8 Å². The molecule has 0 bridgehead atoms. The third kappa shape index (κ3) is 2.62. The van der Waals surface area contributed by atoms with E-state index in [0.29, 0.717) is 10.9 Å². The SMILES string of the molecule is Cc1cccc2c(C)c3c(c(C)c12)n1c2ccccc2c2c(C(C)(C)C(F)(F)F)cc4cc[n+](C)c3c4c21. The second-order valence-corrected chi connectivity index (χ2v) is 11.3. The summed E-state index contributed by atoms with van der Waals surface area (Å²) < 4.78 is 48.1. The average molecular weight is 510 g/mol. The Balaban J connectivity index is 1.93. The van der Waals surface area contributed by atoms with E-state index in [1.807, 2.05) is 43.6 Å². The lowest BCUT2D eigenvalue weighted by Gasteiger charge is -2.30. The second kappa shape index (κ2) is 7.16. The van der Waals surface area contributed by atoms with Crippen molar-refractivity contribution in [3.05, 3.63) is 83.0 Å². The Morgan fingerprint density at radius 3 is 2.18 bits per heavy atom. The molecule has 38 heavy (non-hydrogen) atoms. The standard InChI is InChI=1S/C33H28F3N2/c1-17-10-9-12-21-18(2)26-29(19(3)25(17)21)38-24-13-8-7-11-22(24)28-23(32(4,5)33(34,35)36)16-20-14-15-37(6)30(26)27(20)31(28)38/h7-16H,1-6H3/q+1. The number of hydrogen-bond acceptors (Lipinski definition) is 0. The number of aromatic nitrogens is 2. The molecule has 0 saturated heterocycles. The molecule has 3 aromatic heterocycles. The van der Waals surface area contributed by atoms with Crippen LogP contribution < -0.4 is 4.57 Å². The number of nitrogens with zero attached hydrogens (tertiary/aromatic N) is 2. The zero-order valence-corrected chi connectivity index (χ0v) is 22.3. The summed E-state index contributed by atoms with van der Waals surface area (Å²) in [5.74, 6) is 0. The summed E-state index contributed by atoms with van der Waals surface area (Å²) in [4.78, 5) is 0. The molecule has 2 nitrogen and oxygen atoms in total. The monoisotopic (exact) mass is 509 g/mol. The predicted octanol–water partition coefficient (Wildman–Crippen LogP) is 8.73. The molecule has 4 aromatic carbocycles. The Bertz CT molecular complexity index is 2130. The van der Waals surface area contributed by atoms with Gasteiger partial charge in [0, 0.05) is 16.8 Å². The van der Waals surface area contributed by atoms with Crippen molar-refractivity contribution in [2.75, 3.05) is 0 Å². The summed E-state index contributed by atoms with van der Waals surface area (Å²) >= 11 is 0. The fourth-order valence-corrected chi connectivity index (χ4v) is 6.85. The van der Waals surface area contributed by atoms with Gasteiger partial charge >= 0.3 is 6.18 Å². The lowest BCUT2D eigenvalue weighted by atomic mass is 9.80. The van der Waals surface area contributed by atoms with Crippen molar-refractivity contribution in [1.29, 1.82) is 0 Å². The van der Waals surface area contributed by atoms with Crippen molar-refractivity contribution >= 4 is 59.8 Å². The number of aryl methyl sites for hydroxylation is 4. The summed E-state index contributed by atoms with van der Waals surface area (Å²) in [5, 5.41) is 6.94. The van der Waals surface area contributed by atoms with Gasteiger partial charge in [0.05, 0.1) is 32.7 Å². The summed E-state index contributed by atoms with van der Waals surface area (Å²) in [6, 6.07) is 18.1. The second-order valence-electron chi connectivity index (χ2n) is 11.3. The third-order valence-corrected chi connectivity index (χ3v) is 8.90. The van der Waals surface area contributed by atoms with Crippen LogP contribution in [0.4, 0.5) is 13.2 Å². The number of pyridine rings is 2. The van der Waals surface area contributed by atoms with E-state index < -0.39 is 11.6 Å². The Morgan fingerprint density at radius 2 is 1.45 bits per heavy atom. The molecule has 0 unspecified atom stereocenters. The van der Waals surface area contributed by atoms with Crippen molar-refractivity contribution in [3.8, 4) is 0 Å². The van der Waals surface area contributed by atoms with Gasteiger partial charge in [-0.25, -0.2) is 4.57 Å². The molecule has 0 amide bonds. The topological polar surface area (TPSA) is 8.29 Å². The van der Waals surface area contributed by atoms with E-state index in [1.54, 1.807) is 6.07 Å². The van der Waals surface area contributed by atoms with E-state index in [4.69, 9.17) is 0 Å². The predicted molar refractivity (Wildman–Crippen MR) is 151 cm³/mol. The Morgan fingerprint density at radius 1 is 0.737 bits per heavy atom. The molecule has 3 heterocycles. The zero-order chi connectivity index (χ0) is 26.9. The highest BCUT2D eigenvalue weighted by atomic mass is 19.4. The van der Waals surface area contributed by atoms with Crippen LogP contribution in [0.1, 0.15) is 36.1 Å². The van der Waals surface area contributed by atoms with Crippen LogP contribution in [0.3, 0.4) is 0 Å². The molecular formula is C33H28F3N2+. The molecule has 0 atom stereocenters. The molecule has 0 aliphatic rings. The molecule has 0 N–H and O–H groups in total. The van der Waals surface area contributed by atoms with Crippen LogP contribution in [-0.4, -0.2) is 10.6 Å². The Kier molecular flexibility index (Phi) is 4.39. The van der Waals surface area contributed by atoms with Gasteiger partial charge in [0.2, 0.25) is 5.52 Å². The fraction of sp³-hybridized carbons (Fsp3) is 0.242. The normalized spacial score (nSPS) is 13.4. The molecule has 7 aromatic rings. The van der Waals surface area contributed by atoms with Gasteiger partial charge in [-0.2, -0.15) is 13.2 Å².